The summed E-state index contributed by atoms with van der Waals surface area (Å²) in [5.74, 6) is 0.372. The van der Waals surface area contributed by atoms with E-state index in [2.05, 4.69) is 20.4 Å². The van der Waals surface area contributed by atoms with Crippen molar-refractivity contribution in [1.29, 1.82) is 0 Å². The normalized spacial score (nSPS) is 11.7. The number of rotatable bonds is 7. The second kappa shape index (κ2) is 9.66. The summed E-state index contributed by atoms with van der Waals surface area (Å²) >= 11 is 11.8. The molecule has 0 saturated heterocycles. The first-order valence-corrected chi connectivity index (χ1v) is 7.09. The number of nitrogens with zero attached hydrogens (tertiary/aromatic N) is 1. The van der Waals surface area contributed by atoms with Crippen LogP contribution in [0.1, 0.15) is 5.56 Å². The zero-order valence-corrected chi connectivity index (χ0v) is 13.6. The van der Waals surface area contributed by atoms with E-state index < -0.39 is 6.61 Å². The summed E-state index contributed by atoms with van der Waals surface area (Å²) in [7, 11) is 3.17. The van der Waals surface area contributed by atoms with Gasteiger partial charge in [-0.3, -0.25) is 4.99 Å². The van der Waals surface area contributed by atoms with Gasteiger partial charge in [-0.2, -0.15) is 8.78 Å². The van der Waals surface area contributed by atoms with Crippen molar-refractivity contribution in [2.45, 2.75) is 13.2 Å². The van der Waals surface area contributed by atoms with Gasteiger partial charge in [-0.05, 0) is 12.1 Å². The second-order valence-corrected chi connectivity index (χ2v) is 4.94. The lowest BCUT2D eigenvalue weighted by Crippen LogP contribution is -2.38. The predicted octanol–water partition coefficient (Wildman–Crippen LogP) is 2.91. The number of benzene rings is 1. The number of aliphatic imine (C=N–C) groups is 1. The molecule has 1 rings (SSSR count). The number of alkyl halides is 2. The fraction of sp³-hybridized carbons (Fsp3) is 0.462. The van der Waals surface area contributed by atoms with Crippen LogP contribution >= 0.6 is 23.2 Å². The Morgan fingerprint density at radius 3 is 2.64 bits per heavy atom. The van der Waals surface area contributed by atoms with Crippen molar-refractivity contribution in [3.05, 3.63) is 27.7 Å². The van der Waals surface area contributed by atoms with E-state index in [1.165, 1.54) is 12.1 Å². The lowest BCUT2D eigenvalue weighted by atomic mass is 10.2. The minimum Gasteiger partial charge on any atom is -0.433 e. The van der Waals surface area contributed by atoms with Crippen LogP contribution in [0.5, 0.6) is 5.75 Å². The van der Waals surface area contributed by atoms with Crippen LogP contribution in [0.25, 0.3) is 0 Å². The molecule has 9 heteroatoms. The standard InChI is InChI=1S/C13H17Cl2F2N3O2/c1-18-13(19-3-4-21-2)20-7-8-5-9(14)6-10(15)11(8)22-12(16)17/h5-6,12H,3-4,7H2,1-2H3,(H2,18,19,20). The molecule has 0 aliphatic rings. The molecule has 0 aliphatic heterocycles. The van der Waals surface area contributed by atoms with Crippen LogP contribution in [-0.4, -0.2) is 39.9 Å². The highest BCUT2D eigenvalue weighted by Gasteiger charge is 2.15. The van der Waals surface area contributed by atoms with Crippen molar-refractivity contribution in [1.82, 2.24) is 10.6 Å². The van der Waals surface area contributed by atoms with E-state index >= 15 is 0 Å². The highest BCUT2D eigenvalue weighted by atomic mass is 35.5. The molecule has 0 atom stereocenters. The van der Waals surface area contributed by atoms with E-state index in [9.17, 15) is 8.78 Å². The molecule has 0 aliphatic carbocycles. The summed E-state index contributed by atoms with van der Waals surface area (Å²) in [5.41, 5.74) is 0.396. The maximum atomic E-state index is 12.5. The van der Waals surface area contributed by atoms with Crippen LogP contribution in [0.2, 0.25) is 10.0 Å². The molecule has 0 spiro atoms. The van der Waals surface area contributed by atoms with Gasteiger partial charge in [0.2, 0.25) is 0 Å². The third kappa shape index (κ3) is 6.21. The summed E-state index contributed by atoms with van der Waals surface area (Å²) in [6, 6.07) is 2.84. The van der Waals surface area contributed by atoms with Crippen LogP contribution in [0.3, 0.4) is 0 Å². The Kier molecular flexibility index (Phi) is 8.22. The molecule has 0 fully saturated rings. The molecule has 0 bridgehead atoms. The monoisotopic (exact) mass is 355 g/mol. The third-order valence-corrected chi connectivity index (χ3v) is 3.06. The van der Waals surface area contributed by atoms with E-state index in [4.69, 9.17) is 27.9 Å². The van der Waals surface area contributed by atoms with Crippen molar-refractivity contribution < 1.29 is 18.3 Å². The topological polar surface area (TPSA) is 54.9 Å². The van der Waals surface area contributed by atoms with E-state index in [-0.39, 0.29) is 17.3 Å². The van der Waals surface area contributed by atoms with Crippen LogP contribution in [0, 0.1) is 0 Å². The Morgan fingerprint density at radius 1 is 1.32 bits per heavy atom. The SMILES string of the molecule is CN=C(NCCOC)NCc1cc(Cl)cc(Cl)c1OC(F)F. The first kappa shape index (κ1) is 18.7. The van der Waals surface area contributed by atoms with Gasteiger partial charge in [-0.1, -0.05) is 23.2 Å². The molecule has 22 heavy (non-hydrogen) atoms. The molecule has 0 heterocycles. The number of halogens is 4. The minimum atomic E-state index is -2.98. The number of methoxy groups -OCH3 is 1. The zero-order chi connectivity index (χ0) is 16.5. The molecule has 2 N–H and O–H groups in total. The molecular weight excluding hydrogens is 339 g/mol. The van der Waals surface area contributed by atoms with Gasteiger partial charge in [-0.15, -0.1) is 0 Å². The molecule has 1 aromatic rings. The average molecular weight is 356 g/mol. The Morgan fingerprint density at radius 2 is 2.05 bits per heavy atom. The Balaban J connectivity index is 2.78. The van der Waals surface area contributed by atoms with Crippen LogP contribution in [0.15, 0.2) is 17.1 Å². The highest BCUT2D eigenvalue weighted by Crippen LogP contribution is 2.33. The van der Waals surface area contributed by atoms with Crippen molar-refractivity contribution in [2.75, 3.05) is 27.3 Å². The van der Waals surface area contributed by atoms with Gasteiger partial charge in [-0.25, -0.2) is 0 Å². The molecule has 0 unspecified atom stereocenters. The maximum Gasteiger partial charge on any atom is 0.387 e. The lowest BCUT2D eigenvalue weighted by Gasteiger charge is -2.15. The average Bonchev–Trinajstić information content (AvgIpc) is 2.45. The van der Waals surface area contributed by atoms with E-state index in [0.717, 1.165) is 0 Å². The van der Waals surface area contributed by atoms with Crippen molar-refractivity contribution >= 4 is 29.2 Å². The number of hydrogen-bond donors (Lipinski definition) is 2. The predicted molar refractivity (Wildman–Crippen MR) is 83.2 cm³/mol. The van der Waals surface area contributed by atoms with Gasteiger partial charge in [0.15, 0.2) is 5.96 Å². The van der Waals surface area contributed by atoms with Crippen LogP contribution < -0.4 is 15.4 Å². The summed E-state index contributed by atoms with van der Waals surface area (Å²) < 4.78 is 34.3. The number of guanidine groups is 1. The highest BCUT2D eigenvalue weighted by molar-refractivity contribution is 6.35. The van der Waals surface area contributed by atoms with Gasteiger partial charge in [0.1, 0.15) is 5.75 Å². The van der Waals surface area contributed by atoms with Gasteiger partial charge in [0.05, 0.1) is 11.6 Å². The van der Waals surface area contributed by atoms with E-state index in [1.54, 1.807) is 14.2 Å². The van der Waals surface area contributed by atoms with Gasteiger partial charge in [0, 0.05) is 37.8 Å². The fourth-order valence-corrected chi connectivity index (χ4v) is 2.22. The van der Waals surface area contributed by atoms with E-state index in [0.29, 0.717) is 29.7 Å². The first-order valence-electron chi connectivity index (χ1n) is 6.34. The maximum absolute atomic E-state index is 12.5. The molecule has 124 valence electrons. The molecule has 0 saturated carbocycles. The van der Waals surface area contributed by atoms with Crippen molar-refractivity contribution in [3.8, 4) is 5.75 Å². The van der Waals surface area contributed by atoms with Crippen LogP contribution in [0.4, 0.5) is 8.78 Å². The Bertz CT molecular complexity index is 516. The number of nitrogens with one attached hydrogen (secondary N) is 2. The summed E-state index contributed by atoms with van der Waals surface area (Å²) in [6.45, 7) is -1.76. The quantitative estimate of drug-likeness (QED) is 0.448. The van der Waals surface area contributed by atoms with Crippen LogP contribution in [-0.2, 0) is 11.3 Å². The van der Waals surface area contributed by atoms with Gasteiger partial charge >= 0.3 is 6.61 Å². The first-order chi connectivity index (χ1) is 10.5. The Labute approximate surface area is 137 Å². The molecular formula is C13H17Cl2F2N3O2. The smallest absolute Gasteiger partial charge is 0.387 e. The van der Waals surface area contributed by atoms with Crippen molar-refractivity contribution in [2.24, 2.45) is 4.99 Å². The fourth-order valence-electron chi connectivity index (χ4n) is 1.64. The van der Waals surface area contributed by atoms with Gasteiger partial charge in [0.25, 0.3) is 0 Å². The molecule has 5 nitrogen and oxygen atoms in total. The van der Waals surface area contributed by atoms with Gasteiger partial charge < -0.3 is 20.1 Å². The Hall–Kier alpha value is -1.31. The number of ether oxygens (including phenoxy) is 2. The minimum absolute atomic E-state index is 0.0203. The van der Waals surface area contributed by atoms with E-state index in [1.807, 2.05) is 0 Å². The summed E-state index contributed by atoms with van der Waals surface area (Å²) in [4.78, 5) is 3.99. The summed E-state index contributed by atoms with van der Waals surface area (Å²) in [5, 5.41) is 6.29. The zero-order valence-electron chi connectivity index (χ0n) is 12.1. The van der Waals surface area contributed by atoms with Crippen molar-refractivity contribution in [3.63, 3.8) is 0 Å². The molecule has 0 amide bonds. The second-order valence-electron chi connectivity index (χ2n) is 4.10. The number of hydrogen-bond acceptors (Lipinski definition) is 3. The molecule has 0 aromatic heterocycles. The molecule has 1 aromatic carbocycles. The molecule has 0 radical (unpaired) electrons. The lowest BCUT2D eigenvalue weighted by molar-refractivity contribution is -0.0504. The largest absolute Gasteiger partial charge is 0.433 e. The third-order valence-electron chi connectivity index (χ3n) is 2.56. The summed E-state index contributed by atoms with van der Waals surface area (Å²) in [6.07, 6.45) is 0.